The van der Waals surface area contributed by atoms with Gasteiger partial charge in [0.15, 0.2) is 11.5 Å². The molecule has 0 unspecified atom stereocenters. The largest absolute Gasteiger partial charge is 0.508 e. The number of phenols is 1. The number of nitrogens with zero attached hydrogens (tertiary/aromatic N) is 4. The number of anilines is 1. The van der Waals surface area contributed by atoms with Crippen molar-refractivity contribution in [1.82, 2.24) is 18.7 Å². The maximum atomic E-state index is 12.2. The second-order valence-electron chi connectivity index (χ2n) is 7.35. The number of imidazole rings is 1. The molecule has 2 aromatic heterocycles. The zero-order chi connectivity index (χ0) is 22.2. The lowest BCUT2D eigenvalue weighted by Gasteiger charge is -2.12. The van der Waals surface area contributed by atoms with Crippen LogP contribution in [0.1, 0.15) is 11.3 Å². The Balaban J connectivity index is 1.60. The molecule has 0 bridgehead atoms. The summed E-state index contributed by atoms with van der Waals surface area (Å²) in [6, 6.07) is 13.8. The second-order valence-corrected chi connectivity index (χ2v) is 9.50. The number of fused-ring (bicyclic) bond motifs is 1. The first kappa shape index (κ1) is 20.8. The third kappa shape index (κ3) is 3.97. The first-order chi connectivity index (χ1) is 14.8. The van der Waals surface area contributed by atoms with Crippen LogP contribution in [0.25, 0.3) is 16.9 Å². The molecule has 8 nitrogen and oxygen atoms in total. The number of aromatic hydroxyl groups is 1. The first-order valence-corrected chi connectivity index (χ1v) is 11.1. The monoisotopic (exact) mass is 437 g/mol. The highest BCUT2D eigenvalue weighted by atomic mass is 32.2. The topological polar surface area (TPSA) is 99.8 Å². The molecular weight excluding hydrogens is 414 g/mol. The van der Waals surface area contributed by atoms with E-state index in [0.29, 0.717) is 18.0 Å². The average Bonchev–Trinajstić information content (AvgIpc) is 3.09. The number of phenolic OH excluding ortho intramolecular Hbond substituents is 1. The Kier molecular flexibility index (Phi) is 5.38. The molecule has 0 fully saturated rings. The Labute approximate surface area is 180 Å². The second kappa shape index (κ2) is 8.01. The lowest BCUT2D eigenvalue weighted by atomic mass is 10.1. The minimum absolute atomic E-state index is 0.212. The van der Waals surface area contributed by atoms with E-state index >= 15 is 0 Å². The van der Waals surface area contributed by atoms with Gasteiger partial charge in [0.25, 0.3) is 0 Å². The Hall–Kier alpha value is -3.43. The summed E-state index contributed by atoms with van der Waals surface area (Å²) in [6.45, 7) is 2.40. The maximum Gasteiger partial charge on any atom is 0.242 e. The van der Waals surface area contributed by atoms with E-state index in [2.05, 4.69) is 15.3 Å². The SMILES string of the molecule is Cc1nc2c(NCc3ccc(S(=O)(=O)N(C)C)cc3)nccn2c1-c1ccc(O)cc1. The summed E-state index contributed by atoms with van der Waals surface area (Å²) in [7, 11) is -0.429. The number of aryl methyl sites for hydroxylation is 1. The van der Waals surface area contributed by atoms with Gasteiger partial charge in [0, 0.05) is 38.6 Å². The summed E-state index contributed by atoms with van der Waals surface area (Å²) in [4.78, 5) is 9.36. The molecular formula is C22H23N5O3S. The van der Waals surface area contributed by atoms with Gasteiger partial charge < -0.3 is 10.4 Å². The molecule has 4 rings (SSSR count). The number of rotatable bonds is 6. The number of hydrogen-bond acceptors (Lipinski definition) is 6. The van der Waals surface area contributed by atoms with Crippen molar-refractivity contribution in [2.75, 3.05) is 19.4 Å². The van der Waals surface area contributed by atoms with Crippen molar-refractivity contribution in [2.45, 2.75) is 18.4 Å². The fourth-order valence-electron chi connectivity index (χ4n) is 3.36. The van der Waals surface area contributed by atoms with Gasteiger partial charge >= 0.3 is 0 Å². The lowest BCUT2D eigenvalue weighted by Crippen LogP contribution is -2.22. The van der Waals surface area contributed by atoms with Crippen LogP contribution in [-0.2, 0) is 16.6 Å². The van der Waals surface area contributed by atoms with Crippen LogP contribution in [0.15, 0.2) is 65.8 Å². The van der Waals surface area contributed by atoms with Crippen molar-refractivity contribution < 1.29 is 13.5 Å². The highest BCUT2D eigenvalue weighted by Gasteiger charge is 2.17. The molecule has 0 amide bonds. The van der Waals surface area contributed by atoms with Crippen molar-refractivity contribution in [1.29, 1.82) is 0 Å². The van der Waals surface area contributed by atoms with Crippen LogP contribution in [0.3, 0.4) is 0 Å². The molecule has 4 aromatic rings. The Morgan fingerprint density at radius 3 is 2.39 bits per heavy atom. The minimum Gasteiger partial charge on any atom is -0.508 e. The van der Waals surface area contributed by atoms with Crippen LogP contribution >= 0.6 is 0 Å². The molecule has 0 saturated heterocycles. The molecule has 0 aliphatic heterocycles. The summed E-state index contributed by atoms with van der Waals surface area (Å²) >= 11 is 0. The Bertz CT molecular complexity index is 1330. The van der Waals surface area contributed by atoms with Crippen LogP contribution in [0, 0.1) is 6.92 Å². The lowest BCUT2D eigenvalue weighted by molar-refractivity contribution is 0.475. The zero-order valence-corrected chi connectivity index (χ0v) is 18.3. The third-order valence-corrected chi connectivity index (χ3v) is 6.85. The molecule has 160 valence electrons. The van der Waals surface area contributed by atoms with Crippen LogP contribution in [0.2, 0.25) is 0 Å². The van der Waals surface area contributed by atoms with Crippen LogP contribution in [0.4, 0.5) is 5.82 Å². The molecule has 9 heteroatoms. The Morgan fingerprint density at radius 1 is 1.06 bits per heavy atom. The van der Waals surface area contributed by atoms with Gasteiger partial charge in [-0.3, -0.25) is 4.40 Å². The van der Waals surface area contributed by atoms with Crippen molar-refractivity contribution in [2.24, 2.45) is 0 Å². The smallest absolute Gasteiger partial charge is 0.242 e. The summed E-state index contributed by atoms with van der Waals surface area (Å²) in [5, 5.41) is 12.9. The van der Waals surface area contributed by atoms with Crippen LogP contribution < -0.4 is 5.32 Å². The summed E-state index contributed by atoms with van der Waals surface area (Å²) in [5.74, 6) is 0.837. The number of hydrogen-bond donors (Lipinski definition) is 2. The molecule has 0 aliphatic rings. The summed E-state index contributed by atoms with van der Waals surface area (Å²) in [5.41, 5.74) is 4.33. The Morgan fingerprint density at radius 2 is 1.74 bits per heavy atom. The van der Waals surface area contributed by atoms with E-state index in [9.17, 15) is 13.5 Å². The maximum absolute atomic E-state index is 12.2. The normalized spacial score (nSPS) is 11.9. The van der Waals surface area contributed by atoms with Crippen LogP contribution in [-0.4, -0.2) is 46.3 Å². The molecule has 0 spiro atoms. The minimum atomic E-state index is -3.45. The van der Waals surface area contributed by atoms with Gasteiger partial charge in [-0.2, -0.15) is 0 Å². The fraction of sp³-hybridized carbons (Fsp3) is 0.182. The van der Waals surface area contributed by atoms with E-state index in [-0.39, 0.29) is 10.6 Å². The van der Waals surface area contributed by atoms with Gasteiger partial charge in [-0.1, -0.05) is 12.1 Å². The molecule has 0 saturated carbocycles. The van der Waals surface area contributed by atoms with Crippen LogP contribution in [0.5, 0.6) is 5.75 Å². The van der Waals surface area contributed by atoms with Gasteiger partial charge in [-0.25, -0.2) is 22.7 Å². The predicted octanol–water partition coefficient (Wildman–Crippen LogP) is 3.27. The van der Waals surface area contributed by atoms with Crippen molar-refractivity contribution in [3.05, 3.63) is 72.2 Å². The molecule has 0 aliphatic carbocycles. The van der Waals surface area contributed by atoms with Gasteiger partial charge in [0.1, 0.15) is 5.75 Å². The highest BCUT2D eigenvalue weighted by molar-refractivity contribution is 7.89. The molecule has 31 heavy (non-hydrogen) atoms. The van der Waals surface area contributed by atoms with Crippen molar-refractivity contribution >= 4 is 21.5 Å². The number of sulfonamides is 1. The highest BCUT2D eigenvalue weighted by Crippen LogP contribution is 2.28. The average molecular weight is 438 g/mol. The van der Waals surface area contributed by atoms with E-state index in [4.69, 9.17) is 0 Å². The van der Waals surface area contributed by atoms with E-state index in [0.717, 1.165) is 22.5 Å². The van der Waals surface area contributed by atoms with E-state index < -0.39 is 10.0 Å². The van der Waals surface area contributed by atoms with Gasteiger partial charge in [0.2, 0.25) is 10.0 Å². The van der Waals surface area contributed by atoms with Crippen molar-refractivity contribution in [3.63, 3.8) is 0 Å². The number of aromatic nitrogens is 3. The zero-order valence-electron chi connectivity index (χ0n) is 17.4. The number of nitrogens with one attached hydrogen (secondary N) is 1. The molecule has 0 atom stereocenters. The quantitative estimate of drug-likeness (QED) is 0.480. The molecule has 2 aromatic carbocycles. The van der Waals surface area contributed by atoms with Gasteiger partial charge in [0.05, 0.1) is 16.3 Å². The summed E-state index contributed by atoms with van der Waals surface area (Å²) < 4.78 is 27.6. The van der Waals surface area contributed by atoms with Gasteiger partial charge in [-0.05, 0) is 48.9 Å². The van der Waals surface area contributed by atoms with E-state index in [1.165, 1.54) is 18.4 Å². The van der Waals surface area contributed by atoms with E-state index in [1.54, 1.807) is 42.6 Å². The molecule has 0 radical (unpaired) electrons. The number of benzene rings is 2. The molecule has 2 heterocycles. The van der Waals surface area contributed by atoms with Gasteiger partial charge in [-0.15, -0.1) is 0 Å². The third-order valence-electron chi connectivity index (χ3n) is 5.02. The predicted molar refractivity (Wildman–Crippen MR) is 119 cm³/mol. The summed E-state index contributed by atoms with van der Waals surface area (Å²) in [6.07, 6.45) is 3.55. The fourth-order valence-corrected chi connectivity index (χ4v) is 4.26. The first-order valence-electron chi connectivity index (χ1n) is 9.66. The van der Waals surface area contributed by atoms with E-state index in [1.807, 2.05) is 29.7 Å². The molecule has 2 N–H and O–H groups in total. The van der Waals surface area contributed by atoms with Crippen molar-refractivity contribution in [3.8, 4) is 17.0 Å². The standard InChI is InChI=1S/C22H23N5O3S/c1-15-20(17-6-8-18(28)9-7-17)27-13-12-23-21(22(27)25-15)24-14-16-4-10-19(11-5-16)31(29,30)26(2)3/h4-13,28H,14H2,1-3H3,(H,23,24).